The van der Waals surface area contributed by atoms with Crippen molar-refractivity contribution in [3.05, 3.63) is 58.8 Å². The Morgan fingerprint density at radius 3 is 2.80 bits per heavy atom. The molecule has 1 aromatic carbocycles. The van der Waals surface area contributed by atoms with E-state index < -0.39 is 0 Å². The zero-order chi connectivity index (χ0) is 13.9. The van der Waals surface area contributed by atoms with Crippen LogP contribution in [0.3, 0.4) is 0 Å². The topological polar surface area (TPSA) is 50.7 Å². The molecular weight excluding hydrogens is 316 g/mol. The van der Waals surface area contributed by atoms with Gasteiger partial charge in [-0.3, -0.25) is 4.98 Å². The fourth-order valence-corrected chi connectivity index (χ4v) is 2.43. The SMILES string of the molecule is CC(Nc1ccc2nccnc2n1)c1cccc(Br)c1. The number of halogens is 1. The molecule has 1 N–H and O–H groups in total. The lowest BCUT2D eigenvalue weighted by molar-refractivity contribution is 0.875. The van der Waals surface area contributed by atoms with E-state index in [0.717, 1.165) is 15.8 Å². The van der Waals surface area contributed by atoms with Crippen molar-refractivity contribution in [2.75, 3.05) is 5.32 Å². The number of fused-ring (bicyclic) bond motifs is 1. The van der Waals surface area contributed by atoms with Crippen molar-refractivity contribution >= 4 is 32.9 Å². The molecule has 0 spiro atoms. The second-order valence-electron chi connectivity index (χ2n) is 4.52. The second-order valence-corrected chi connectivity index (χ2v) is 5.43. The number of aromatic nitrogens is 3. The summed E-state index contributed by atoms with van der Waals surface area (Å²) in [6.07, 6.45) is 3.32. The Morgan fingerprint density at radius 2 is 1.95 bits per heavy atom. The van der Waals surface area contributed by atoms with E-state index in [1.165, 1.54) is 5.56 Å². The third kappa shape index (κ3) is 2.77. The molecule has 0 radical (unpaired) electrons. The van der Waals surface area contributed by atoms with Crippen LogP contribution < -0.4 is 5.32 Å². The van der Waals surface area contributed by atoms with Crippen molar-refractivity contribution in [1.82, 2.24) is 15.0 Å². The minimum Gasteiger partial charge on any atom is -0.363 e. The molecule has 0 aliphatic carbocycles. The quantitative estimate of drug-likeness (QED) is 0.790. The fraction of sp³-hybridized carbons (Fsp3) is 0.133. The number of anilines is 1. The lowest BCUT2D eigenvalue weighted by Gasteiger charge is -2.15. The van der Waals surface area contributed by atoms with Gasteiger partial charge in [0, 0.05) is 22.9 Å². The molecule has 0 saturated heterocycles. The summed E-state index contributed by atoms with van der Waals surface area (Å²) in [6, 6.07) is 12.2. The van der Waals surface area contributed by atoms with Crippen LogP contribution in [0, 0.1) is 0 Å². The van der Waals surface area contributed by atoms with Gasteiger partial charge in [0.25, 0.3) is 0 Å². The van der Waals surface area contributed by atoms with Gasteiger partial charge >= 0.3 is 0 Å². The summed E-state index contributed by atoms with van der Waals surface area (Å²) < 4.78 is 1.07. The van der Waals surface area contributed by atoms with Gasteiger partial charge in [0.2, 0.25) is 0 Å². The summed E-state index contributed by atoms with van der Waals surface area (Å²) in [5.41, 5.74) is 2.65. The van der Waals surface area contributed by atoms with Gasteiger partial charge < -0.3 is 5.32 Å². The van der Waals surface area contributed by atoms with Gasteiger partial charge in [-0.2, -0.15) is 0 Å². The Hall–Kier alpha value is -2.01. The predicted molar refractivity (Wildman–Crippen MR) is 83.5 cm³/mol. The maximum Gasteiger partial charge on any atom is 0.180 e. The summed E-state index contributed by atoms with van der Waals surface area (Å²) in [5.74, 6) is 0.797. The molecule has 100 valence electrons. The Balaban J connectivity index is 1.85. The minimum absolute atomic E-state index is 0.161. The molecule has 5 heteroatoms. The zero-order valence-electron chi connectivity index (χ0n) is 10.9. The molecule has 0 fully saturated rings. The lowest BCUT2D eigenvalue weighted by Crippen LogP contribution is -2.08. The zero-order valence-corrected chi connectivity index (χ0v) is 12.5. The maximum atomic E-state index is 4.47. The highest BCUT2D eigenvalue weighted by Gasteiger charge is 2.07. The highest BCUT2D eigenvalue weighted by Crippen LogP contribution is 2.21. The molecule has 4 nitrogen and oxygen atoms in total. The summed E-state index contributed by atoms with van der Waals surface area (Å²) >= 11 is 3.49. The fourth-order valence-electron chi connectivity index (χ4n) is 2.02. The number of hydrogen-bond donors (Lipinski definition) is 1. The highest BCUT2D eigenvalue weighted by molar-refractivity contribution is 9.10. The van der Waals surface area contributed by atoms with Crippen LogP contribution in [-0.2, 0) is 0 Å². The van der Waals surface area contributed by atoms with Crippen LogP contribution in [0.5, 0.6) is 0 Å². The van der Waals surface area contributed by atoms with Crippen molar-refractivity contribution in [2.24, 2.45) is 0 Å². The van der Waals surface area contributed by atoms with Gasteiger partial charge in [0.05, 0.1) is 0 Å². The van der Waals surface area contributed by atoms with Crippen LogP contribution in [0.2, 0.25) is 0 Å². The number of pyridine rings is 1. The Bertz CT molecular complexity index is 745. The van der Waals surface area contributed by atoms with Crippen LogP contribution >= 0.6 is 15.9 Å². The summed E-state index contributed by atoms with van der Waals surface area (Å²) in [5, 5.41) is 3.38. The smallest absolute Gasteiger partial charge is 0.180 e. The van der Waals surface area contributed by atoms with Crippen LogP contribution in [0.4, 0.5) is 5.82 Å². The van der Waals surface area contributed by atoms with Gasteiger partial charge in [-0.25, -0.2) is 9.97 Å². The van der Waals surface area contributed by atoms with Crippen LogP contribution in [0.1, 0.15) is 18.5 Å². The molecular formula is C15H13BrN4. The first kappa shape index (κ1) is 13.0. The van der Waals surface area contributed by atoms with Crippen molar-refractivity contribution in [1.29, 1.82) is 0 Å². The largest absolute Gasteiger partial charge is 0.363 e. The summed E-state index contributed by atoms with van der Waals surface area (Å²) in [7, 11) is 0. The average Bonchev–Trinajstić information content (AvgIpc) is 2.47. The first-order valence-electron chi connectivity index (χ1n) is 6.32. The maximum absolute atomic E-state index is 4.47. The molecule has 1 atom stereocenters. The molecule has 0 bridgehead atoms. The molecule has 2 aromatic heterocycles. The first-order valence-corrected chi connectivity index (χ1v) is 7.11. The van der Waals surface area contributed by atoms with E-state index in [9.17, 15) is 0 Å². The molecule has 20 heavy (non-hydrogen) atoms. The van der Waals surface area contributed by atoms with Crippen molar-refractivity contribution in [3.8, 4) is 0 Å². The van der Waals surface area contributed by atoms with E-state index in [4.69, 9.17) is 0 Å². The van der Waals surface area contributed by atoms with Crippen molar-refractivity contribution < 1.29 is 0 Å². The van der Waals surface area contributed by atoms with E-state index in [1.54, 1.807) is 12.4 Å². The van der Waals surface area contributed by atoms with Crippen molar-refractivity contribution in [2.45, 2.75) is 13.0 Å². The number of benzene rings is 1. The molecule has 1 unspecified atom stereocenters. The van der Waals surface area contributed by atoms with E-state index in [2.05, 4.69) is 55.3 Å². The van der Waals surface area contributed by atoms with Crippen LogP contribution in [0.15, 0.2) is 53.3 Å². The molecule has 2 heterocycles. The van der Waals surface area contributed by atoms with Gasteiger partial charge in [0.15, 0.2) is 5.65 Å². The number of rotatable bonds is 3. The molecule has 0 aliphatic rings. The molecule has 3 aromatic rings. The van der Waals surface area contributed by atoms with Gasteiger partial charge in [-0.1, -0.05) is 28.1 Å². The Morgan fingerprint density at radius 1 is 1.10 bits per heavy atom. The van der Waals surface area contributed by atoms with E-state index in [-0.39, 0.29) is 6.04 Å². The molecule has 0 saturated carbocycles. The number of nitrogens with zero attached hydrogens (tertiary/aromatic N) is 3. The first-order chi connectivity index (χ1) is 9.72. The monoisotopic (exact) mass is 328 g/mol. The summed E-state index contributed by atoms with van der Waals surface area (Å²) in [4.78, 5) is 12.9. The molecule has 0 aliphatic heterocycles. The highest BCUT2D eigenvalue weighted by atomic mass is 79.9. The Labute approximate surface area is 125 Å². The molecule has 3 rings (SSSR count). The average molecular weight is 329 g/mol. The lowest BCUT2D eigenvalue weighted by atomic mass is 10.1. The third-order valence-corrected chi connectivity index (χ3v) is 3.54. The predicted octanol–water partition coefficient (Wildman–Crippen LogP) is 3.96. The van der Waals surface area contributed by atoms with E-state index in [1.807, 2.05) is 24.3 Å². The minimum atomic E-state index is 0.161. The van der Waals surface area contributed by atoms with Gasteiger partial charge in [0.1, 0.15) is 11.3 Å². The van der Waals surface area contributed by atoms with Crippen molar-refractivity contribution in [3.63, 3.8) is 0 Å². The van der Waals surface area contributed by atoms with Gasteiger partial charge in [-0.15, -0.1) is 0 Å². The normalized spacial score (nSPS) is 12.3. The van der Waals surface area contributed by atoms with Gasteiger partial charge in [-0.05, 0) is 36.8 Å². The summed E-state index contributed by atoms with van der Waals surface area (Å²) in [6.45, 7) is 2.10. The van der Waals surface area contributed by atoms with E-state index in [0.29, 0.717) is 5.65 Å². The Kier molecular flexibility index (Phi) is 3.60. The van der Waals surface area contributed by atoms with Crippen LogP contribution in [0.25, 0.3) is 11.2 Å². The van der Waals surface area contributed by atoms with Crippen LogP contribution in [-0.4, -0.2) is 15.0 Å². The molecule has 0 amide bonds. The van der Waals surface area contributed by atoms with E-state index >= 15 is 0 Å². The third-order valence-electron chi connectivity index (χ3n) is 3.04. The number of hydrogen-bond acceptors (Lipinski definition) is 4. The standard InChI is InChI=1S/C15H13BrN4/c1-10(11-3-2-4-12(16)9-11)19-14-6-5-13-15(20-14)18-8-7-17-13/h2-10H,1H3,(H,18,19,20). The second kappa shape index (κ2) is 5.54. The number of nitrogens with one attached hydrogen (secondary N) is 1.